The third-order valence-corrected chi connectivity index (χ3v) is 4.43. The standard InChI is InChI=1S/C21H21F2N5O3/c1-26(2)11-10-24-19(29)18-20(30)27(13-14-6-5-7-15(22)12-14)21(31)28(25-18)17-9-4-3-8-16(17)23/h3-9,12H,10-11,13H2,1-2H3,(H,24,29). The molecule has 1 heterocycles. The second kappa shape index (κ2) is 9.43. The van der Waals surface area contributed by atoms with Crippen LogP contribution in [0, 0.1) is 11.6 Å². The Morgan fingerprint density at radius 1 is 1.10 bits per heavy atom. The number of halogens is 2. The van der Waals surface area contributed by atoms with Gasteiger partial charge in [-0.1, -0.05) is 24.3 Å². The smallest absolute Gasteiger partial charge is 0.349 e. The van der Waals surface area contributed by atoms with Crippen molar-refractivity contribution in [3.8, 4) is 5.69 Å². The van der Waals surface area contributed by atoms with Crippen LogP contribution in [0.1, 0.15) is 16.1 Å². The van der Waals surface area contributed by atoms with Crippen molar-refractivity contribution in [2.45, 2.75) is 6.54 Å². The van der Waals surface area contributed by atoms with E-state index in [1.54, 1.807) is 0 Å². The number of hydrogen-bond donors (Lipinski definition) is 1. The van der Waals surface area contributed by atoms with Crippen LogP contribution in [0.25, 0.3) is 5.69 Å². The number of hydrogen-bond acceptors (Lipinski definition) is 5. The van der Waals surface area contributed by atoms with E-state index in [0.717, 1.165) is 16.7 Å². The minimum atomic E-state index is -0.954. The molecule has 2 aromatic carbocycles. The number of carbonyl (C=O) groups excluding carboxylic acids is 1. The molecule has 0 saturated carbocycles. The van der Waals surface area contributed by atoms with Gasteiger partial charge in [-0.25, -0.2) is 13.6 Å². The van der Waals surface area contributed by atoms with E-state index in [1.165, 1.54) is 36.4 Å². The van der Waals surface area contributed by atoms with Gasteiger partial charge in [0.05, 0.1) is 6.54 Å². The molecule has 0 radical (unpaired) electrons. The molecule has 0 aliphatic heterocycles. The van der Waals surface area contributed by atoms with Crippen molar-refractivity contribution in [3.05, 3.63) is 92.3 Å². The predicted octanol–water partition coefficient (Wildman–Crippen LogP) is 1.01. The molecule has 3 rings (SSSR count). The van der Waals surface area contributed by atoms with Gasteiger partial charge in [-0.15, -0.1) is 0 Å². The van der Waals surface area contributed by atoms with Crippen molar-refractivity contribution < 1.29 is 13.6 Å². The zero-order valence-electron chi connectivity index (χ0n) is 17.0. The second-order valence-electron chi connectivity index (χ2n) is 7.07. The molecule has 0 bridgehead atoms. The summed E-state index contributed by atoms with van der Waals surface area (Å²) in [6, 6.07) is 10.7. The highest BCUT2D eigenvalue weighted by Gasteiger charge is 2.21. The molecule has 0 aliphatic rings. The largest absolute Gasteiger partial charge is 0.352 e. The highest BCUT2D eigenvalue weighted by Crippen LogP contribution is 2.09. The summed E-state index contributed by atoms with van der Waals surface area (Å²) in [7, 11) is 3.63. The van der Waals surface area contributed by atoms with Gasteiger partial charge in [-0.3, -0.25) is 14.2 Å². The number of aromatic nitrogens is 3. The van der Waals surface area contributed by atoms with Crippen molar-refractivity contribution in [1.29, 1.82) is 0 Å². The van der Waals surface area contributed by atoms with E-state index >= 15 is 0 Å². The van der Waals surface area contributed by atoms with Gasteiger partial charge in [0.2, 0.25) is 5.69 Å². The van der Waals surface area contributed by atoms with Crippen LogP contribution in [0.4, 0.5) is 8.78 Å². The number of carbonyl (C=O) groups is 1. The molecule has 3 aromatic rings. The highest BCUT2D eigenvalue weighted by molar-refractivity contribution is 5.91. The quantitative estimate of drug-likeness (QED) is 0.606. The molecular formula is C21H21F2N5O3. The molecule has 1 N–H and O–H groups in total. The SMILES string of the molecule is CN(C)CCNC(=O)c1nn(-c2ccccc2F)c(=O)n(Cc2cccc(F)c2)c1=O. The molecule has 8 nitrogen and oxygen atoms in total. The number of nitrogens with zero attached hydrogens (tertiary/aromatic N) is 4. The molecule has 0 aliphatic carbocycles. The van der Waals surface area contributed by atoms with Crippen LogP contribution in [-0.2, 0) is 6.54 Å². The fourth-order valence-corrected chi connectivity index (χ4v) is 2.87. The van der Waals surface area contributed by atoms with E-state index in [1.807, 2.05) is 19.0 Å². The van der Waals surface area contributed by atoms with Gasteiger partial charge < -0.3 is 10.2 Å². The number of rotatable bonds is 7. The number of benzene rings is 2. The average Bonchev–Trinajstić information content (AvgIpc) is 2.72. The van der Waals surface area contributed by atoms with Crippen LogP contribution in [0.5, 0.6) is 0 Å². The molecule has 0 spiro atoms. The van der Waals surface area contributed by atoms with E-state index in [-0.39, 0.29) is 18.8 Å². The van der Waals surface area contributed by atoms with Gasteiger partial charge in [-0.2, -0.15) is 9.78 Å². The summed E-state index contributed by atoms with van der Waals surface area (Å²) in [5.74, 6) is -2.10. The highest BCUT2D eigenvalue weighted by atomic mass is 19.1. The van der Waals surface area contributed by atoms with Gasteiger partial charge in [-0.05, 0) is 43.9 Å². The Morgan fingerprint density at radius 3 is 2.52 bits per heavy atom. The fraction of sp³-hybridized carbons (Fsp3) is 0.238. The van der Waals surface area contributed by atoms with E-state index in [0.29, 0.717) is 16.8 Å². The Labute approximate surface area is 176 Å². The molecule has 162 valence electrons. The first-order valence-corrected chi connectivity index (χ1v) is 9.44. The number of nitrogens with one attached hydrogen (secondary N) is 1. The van der Waals surface area contributed by atoms with Crippen LogP contribution in [0.3, 0.4) is 0 Å². The summed E-state index contributed by atoms with van der Waals surface area (Å²) in [6.07, 6.45) is 0. The van der Waals surface area contributed by atoms with Gasteiger partial charge in [0.15, 0.2) is 0 Å². The molecule has 0 atom stereocenters. The summed E-state index contributed by atoms with van der Waals surface area (Å²) in [5.41, 5.74) is -2.38. The minimum absolute atomic E-state index is 0.220. The lowest BCUT2D eigenvalue weighted by Gasteiger charge is -2.13. The topological polar surface area (TPSA) is 89.2 Å². The molecule has 31 heavy (non-hydrogen) atoms. The summed E-state index contributed by atoms with van der Waals surface area (Å²) >= 11 is 0. The normalized spacial score (nSPS) is 11.0. The lowest BCUT2D eigenvalue weighted by molar-refractivity contribution is 0.0941. The average molecular weight is 429 g/mol. The van der Waals surface area contributed by atoms with Crippen molar-refractivity contribution in [3.63, 3.8) is 0 Å². The number of likely N-dealkylation sites (N-methyl/N-ethyl adjacent to an activating group) is 1. The van der Waals surface area contributed by atoms with Crippen molar-refractivity contribution >= 4 is 5.91 Å². The molecular weight excluding hydrogens is 408 g/mol. The predicted molar refractivity (Wildman–Crippen MR) is 110 cm³/mol. The van der Waals surface area contributed by atoms with E-state index < -0.39 is 34.5 Å². The molecule has 1 aromatic heterocycles. The van der Waals surface area contributed by atoms with E-state index in [4.69, 9.17) is 0 Å². The summed E-state index contributed by atoms with van der Waals surface area (Å²) in [6.45, 7) is 0.427. The first-order chi connectivity index (χ1) is 14.8. The molecule has 1 amide bonds. The molecule has 0 saturated heterocycles. The molecule has 0 unspecified atom stereocenters. The van der Waals surface area contributed by atoms with Gasteiger partial charge >= 0.3 is 5.69 Å². The summed E-state index contributed by atoms with van der Waals surface area (Å²) in [4.78, 5) is 40.3. The van der Waals surface area contributed by atoms with Crippen molar-refractivity contribution in [2.24, 2.45) is 0 Å². The van der Waals surface area contributed by atoms with Gasteiger partial charge in [0.1, 0.15) is 17.3 Å². The zero-order valence-corrected chi connectivity index (χ0v) is 17.0. The summed E-state index contributed by atoms with van der Waals surface area (Å²) in [5, 5.41) is 6.41. The Morgan fingerprint density at radius 2 is 1.84 bits per heavy atom. The van der Waals surface area contributed by atoms with Crippen LogP contribution in [-0.4, -0.2) is 52.3 Å². The first kappa shape index (κ1) is 22.0. The third-order valence-electron chi connectivity index (χ3n) is 4.43. The van der Waals surface area contributed by atoms with Crippen molar-refractivity contribution in [2.75, 3.05) is 27.2 Å². The Balaban J connectivity index is 2.13. The Hall–Kier alpha value is -3.66. The molecule has 0 fully saturated rings. The maximum Gasteiger partial charge on any atom is 0.352 e. The van der Waals surface area contributed by atoms with E-state index in [2.05, 4.69) is 10.4 Å². The van der Waals surface area contributed by atoms with E-state index in [9.17, 15) is 23.2 Å². The molecule has 10 heteroatoms. The van der Waals surface area contributed by atoms with Crippen LogP contribution in [0.2, 0.25) is 0 Å². The van der Waals surface area contributed by atoms with Gasteiger partial charge in [0, 0.05) is 13.1 Å². The maximum absolute atomic E-state index is 14.3. The van der Waals surface area contributed by atoms with Crippen molar-refractivity contribution in [1.82, 2.24) is 24.6 Å². The third kappa shape index (κ3) is 5.10. The first-order valence-electron chi connectivity index (χ1n) is 9.44. The lowest BCUT2D eigenvalue weighted by atomic mass is 10.2. The zero-order chi connectivity index (χ0) is 22.5. The second-order valence-corrected chi connectivity index (χ2v) is 7.07. The van der Waals surface area contributed by atoms with Crippen LogP contribution in [0.15, 0.2) is 58.1 Å². The number of para-hydroxylation sites is 1. The lowest BCUT2D eigenvalue weighted by Crippen LogP contribution is -2.46. The maximum atomic E-state index is 14.3. The Bertz CT molecular complexity index is 1220. The van der Waals surface area contributed by atoms with Gasteiger partial charge in [0.25, 0.3) is 11.5 Å². The fourth-order valence-electron chi connectivity index (χ4n) is 2.87. The van der Waals surface area contributed by atoms with Crippen LogP contribution < -0.4 is 16.6 Å². The monoisotopic (exact) mass is 429 g/mol. The Kier molecular flexibility index (Phi) is 6.71. The summed E-state index contributed by atoms with van der Waals surface area (Å²) < 4.78 is 29.3. The number of amides is 1. The minimum Gasteiger partial charge on any atom is -0.349 e. The van der Waals surface area contributed by atoms with Crippen LogP contribution >= 0.6 is 0 Å².